The zero-order chi connectivity index (χ0) is 17.8. The third kappa shape index (κ3) is 3.79. The number of phenols is 1. The lowest BCUT2D eigenvalue weighted by atomic mass is 10.2. The van der Waals surface area contributed by atoms with Crippen LogP contribution in [0.5, 0.6) is 5.75 Å². The fourth-order valence-corrected chi connectivity index (χ4v) is 2.54. The van der Waals surface area contributed by atoms with E-state index in [1.807, 2.05) is 0 Å². The van der Waals surface area contributed by atoms with Crippen LogP contribution >= 0.6 is 0 Å². The number of phenolic OH excluding ortho intramolecular Hbond substituents is 1. The minimum absolute atomic E-state index is 0.0710. The largest absolute Gasteiger partial charge is 0.508 e. The lowest BCUT2D eigenvalue weighted by Gasteiger charge is -2.33. The molecule has 0 atom stereocenters. The van der Waals surface area contributed by atoms with E-state index in [0.717, 1.165) is 0 Å². The van der Waals surface area contributed by atoms with Gasteiger partial charge < -0.3 is 24.6 Å². The topological polar surface area (TPSA) is 103 Å². The molecule has 0 spiro atoms. The first-order chi connectivity index (χ1) is 12.0. The summed E-state index contributed by atoms with van der Waals surface area (Å²) in [6.45, 7) is 1.21. The number of carbonyl (C=O) groups is 3. The number of nitrogens with one attached hydrogen (secondary N) is 1. The number of rotatable bonds is 2. The fraction of sp³-hybridized carbons (Fsp3) is 0.235. The van der Waals surface area contributed by atoms with Crippen molar-refractivity contribution in [2.75, 3.05) is 31.5 Å². The second kappa shape index (κ2) is 7.08. The molecule has 2 aromatic rings. The summed E-state index contributed by atoms with van der Waals surface area (Å²) in [6, 6.07) is 9.06. The smallest absolute Gasteiger partial charge is 0.313 e. The molecule has 130 valence electrons. The highest BCUT2D eigenvalue weighted by Gasteiger charge is 2.29. The number of piperazine rings is 1. The Balaban J connectivity index is 1.53. The summed E-state index contributed by atoms with van der Waals surface area (Å²) in [6.07, 6.45) is 1.43. The summed E-state index contributed by atoms with van der Waals surface area (Å²) in [7, 11) is 0. The molecule has 1 fully saturated rings. The van der Waals surface area contributed by atoms with Gasteiger partial charge in [0.15, 0.2) is 5.76 Å². The molecule has 1 aromatic heterocycles. The third-order valence-corrected chi connectivity index (χ3v) is 3.91. The Bertz CT molecular complexity index is 762. The molecule has 2 heterocycles. The molecule has 0 radical (unpaired) electrons. The van der Waals surface area contributed by atoms with E-state index in [0.29, 0.717) is 18.8 Å². The molecule has 1 aliphatic heterocycles. The molecule has 0 saturated carbocycles. The average Bonchev–Trinajstić information content (AvgIpc) is 3.17. The molecule has 1 saturated heterocycles. The van der Waals surface area contributed by atoms with Gasteiger partial charge in [0.25, 0.3) is 5.91 Å². The number of amides is 3. The van der Waals surface area contributed by atoms with Crippen LogP contribution in [0.25, 0.3) is 0 Å². The molecule has 0 bridgehead atoms. The van der Waals surface area contributed by atoms with Crippen LogP contribution in [-0.2, 0) is 9.59 Å². The van der Waals surface area contributed by atoms with E-state index in [1.165, 1.54) is 35.4 Å². The van der Waals surface area contributed by atoms with Crippen LogP contribution in [-0.4, -0.2) is 58.8 Å². The summed E-state index contributed by atoms with van der Waals surface area (Å²) in [5, 5.41) is 11.7. The maximum Gasteiger partial charge on any atom is 0.313 e. The second-order valence-corrected chi connectivity index (χ2v) is 5.56. The fourth-order valence-electron chi connectivity index (χ4n) is 2.54. The summed E-state index contributed by atoms with van der Waals surface area (Å²) >= 11 is 0. The van der Waals surface area contributed by atoms with Crippen molar-refractivity contribution in [1.82, 2.24) is 9.80 Å². The Morgan fingerprint density at radius 1 is 0.960 bits per heavy atom. The van der Waals surface area contributed by atoms with Crippen molar-refractivity contribution in [3.05, 3.63) is 48.4 Å². The van der Waals surface area contributed by atoms with Gasteiger partial charge in [-0.2, -0.15) is 0 Å². The van der Waals surface area contributed by atoms with Crippen LogP contribution in [0.3, 0.4) is 0 Å². The number of hydrogen-bond donors (Lipinski definition) is 2. The van der Waals surface area contributed by atoms with Gasteiger partial charge in [-0.15, -0.1) is 0 Å². The van der Waals surface area contributed by atoms with Crippen LogP contribution < -0.4 is 5.32 Å². The van der Waals surface area contributed by atoms with E-state index < -0.39 is 11.8 Å². The molecule has 0 aliphatic carbocycles. The maximum atomic E-state index is 12.2. The van der Waals surface area contributed by atoms with E-state index in [-0.39, 0.29) is 30.5 Å². The normalized spacial score (nSPS) is 14.2. The number of nitrogens with zero attached hydrogens (tertiary/aromatic N) is 2. The van der Waals surface area contributed by atoms with Crippen LogP contribution in [0.1, 0.15) is 10.6 Å². The molecule has 1 aliphatic rings. The van der Waals surface area contributed by atoms with Gasteiger partial charge in [0, 0.05) is 31.9 Å². The Morgan fingerprint density at radius 3 is 2.20 bits per heavy atom. The Kier molecular flexibility index (Phi) is 4.69. The summed E-state index contributed by atoms with van der Waals surface area (Å²) in [5.74, 6) is -1.31. The van der Waals surface area contributed by atoms with Gasteiger partial charge in [-0.3, -0.25) is 14.4 Å². The molecule has 8 heteroatoms. The van der Waals surface area contributed by atoms with E-state index in [2.05, 4.69) is 5.32 Å². The Morgan fingerprint density at radius 2 is 1.60 bits per heavy atom. The quantitative estimate of drug-likeness (QED) is 0.623. The highest BCUT2D eigenvalue weighted by atomic mass is 16.3. The SMILES string of the molecule is O=C(Nc1ccc(O)cc1)C(=O)N1CCN(C(=O)c2ccco2)CC1. The van der Waals surface area contributed by atoms with Gasteiger partial charge in [0.05, 0.1) is 6.26 Å². The molecule has 8 nitrogen and oxygen atoms in total. The lowest BCUT2D eigenvalue weighted by Crippen LogP contribution is -2.52. The highest BCUT2D eigenvalue weighted by Crippen LogP contribution is 2.14. The molecule has 1 aromatic carbocycles. The van der Waals surface area contributed by atoms with Crippen molar-refractivity contribution in [1.29, 1.82) is 0 Å². The number of hydrogen-bond acceptors (Lipinski definition) is 5. The van der Waals surface area contributed by atoms with Crippen molar-refractivity contribution >= 4 is 23.4 Å². The number of anilines is 1. The standard InChI is InChI=1S/C17H17N3O5/c21-13-5-3-12(4-6-13)18-15(22)17(24)20-9-7-19(8-10-20)16(23)14-2-1-11-25-14/h1-6,11,21H,7-10H2,(H,18,22). The van der Waals surface area contributed by atoms with Crippen molar-refractivity contribution < 1.29 is 23.9 Å². The predicted molar refractivity (Wildman–Crippen MR) is 87.9 cm³/mol. The van der Waals surface area contributed by atoms with Gasteiger partial charge >= 0.3 is 11.8 Å². The maximum absolute atomic E-state index is 12.2. The van der Waals surface area contributed by atoms with Crippen molar-refractivity contribution in [3.63, 3.8) is 0 Å². The van der Waals surface area contributed by atoms with Crippen LogP contribution in [0.2, 0.25) is 0 Å². The van der Waals surface area contributed by atoms with E-state index in [9.17, 15) is 19.5 Å². The first-order valence-corrected chi connectivity index (χ1v) is 7.76. The molecule has 2 N–H and O–H groups in total. The minimum Gasteiger partial charge on any atom is -0.508 e. The van der Waals surface area contributed by atoms with Gasteiger partial charge in [0.2, 0.25) is 0 Å². The number of benzene rings is 1. The molecular formula is C17H17N3O5. The lowest BCUT2D eigenvalue weighted by molar-refractivity contribution is -0.144. The van der Waals surface area contributed by atoms with Gasteiger partial charge in [0.1, 0.15) is 5.75 Å². The Hall–Kier alpha value is -3.29. The molecule has 3 rings (SSSR count). The zero-order valence-electron chi connectivity index (χ0n) is 13.3. The van der Waals surface area contributed by atoms with Crippen LogP contribution in [0.4, 0.5) is 5.69 Å². The third-order valence-electron chi connectivity index (χ3n) is 3.91. The number of carbonyl (C=O) groups excluding carboxylic acids is 3. The summed E-state index contributed by atoms with van der Waals surface area (Å²) in [4.78, 5) is 39.4. The average molecular weight is 343 g/mol. The predicted octanol–water partition coefficient (Wildman–Crippen LogP) is 0.908. The zero-order valence-corrected chi connectivity index (χ0v) is 13.3. The molecule has 25 heavy (non-hydrogen) atoms. The Labute approximate surface area is 143 Å². The molecule has 0 unspecified atom stereocenters. The van der Waals surface area contributed by atoms with Gasteiger partial charge in [-0.05, 0) is 36.4 Å². The van der Waals surface area contributed by atoms with Gasteiger partial charge in [-0.25, -0.2) is 0 Å². The van der Waals surface area contributed by atoms with Crippen molar-refractivity contribution in [2.45, 2.75) is 0 Å². The molecular weight excluding hydrogens is 326 g/mol. The number of aromatic hydroxyl groups is 1. The second-order valence-electron chi connectivity index (χ2n) is 5.56. The van der Waals surface area contributed by atoms with E-state index in [1.54, 1.807) is 17.0 Å². The number of furan rings is 1. The van der Waals surface area contributed by atoms with E-state index >= 15 is 0 Å². The highest BCUT2D eigenvalue weighted by molar-refractivity contribution is 6.39. The van der Waals surface area contributed by atoms with Crippen molar-refractivity contribution in [2.24, 2.45) is 0 Å². The first-order valence-electron chi connectivity index (χ1n) is 7.76. The van der Waals surface area contributed by atoms with Crippen LogP contribution in [0.15, 0.2) is 47.1 Å². The first kappa shape index (κ1) is 16.6. The van der Waals surface area contributed by atoms with E-state index in [4.69, 9.17) is 4.42 Å². The summed E-state index contributed by atoms with van der Waals surface area (Å²) < 4.78 is 5.08. The summed E-state index contributed by atoms with van der Waals surface area (Å²) in [5.41, 5.74) is 0.419. The van der Waals surface area contributed by atoms with Crippen LogP contribution in [0, 0.1) is 0 Å². The van der Waals surface area contributed by atoms with Crippen molar-refractivity contribution in [3.8, 4) is 5.75 Å². The van der Waals surface area contributed by atoms with Gasteiger partial charge in [-0.1, -0.05) is 0 Å². The minimum atomic E-state index is -0.753. The molecule has 3 amide bonds. The monoisotopic (exact) mass is 343 g/mol.